The van der Waals surface area contributed by atoms with Gasteiger partial charge in [-0.2, -0.15) is 0 Å². The van der Waals surface area contributed by atoms with Gasteiger partial charge in [-0.3, -0.25) is 4.79 Å². The summed E-state index contributed by atoms with van der Waals surface area (Å²) in [4.78, 5) is 11.9. The van der Waals surface area contributed by atoms with E-state index in [9.17, 15) is 4.79 Å². The predicted octanol–water partition coefficient (Wildman–Crippen LogP) is 3.85. The molecule has 0 bridgehead atoms. The molecule has 0 heterocycles. The van der Waals surface area contributed by atoms with Crippen molar-refractivity contribution in [1.82, 2.24) is 0 Å². The lowest BCUT2D eigenvalue weighted by Gasteiger charge is -2.25. The second-order valence-electron chi connectivity index (χ2n) is 6.25. The molecule has 0 radical (unpaired) electrons. The minimum atomic E-state index is -0.442. The Labute approximate surface area is 132 Å². The third kappa shape index (κ3) is 6.10. The largest absolute Gasteiger partial charge is 0.459 e. The number of rotatable bonds is 6. The van der Waals surface area contributed by atoms with Gasteiger partial charge in [-0.05, 0) is 45.2 Å². The van der Waals surface area contributed by atoms with Crippen LogP contribution >= 0.6 is 11.8 Å². The average molecular weight is 309 g/mol. The Morgan fingerprint density at radius 1 is 1.33 bits per heavy atom. The van der Waals surface area contributed by atoms with Crippen LogP contribution in [0.3, 0.4) is 0 Å². The monoisotopic (exact) mass is 309 g/mol. The summed E-state index contributed by atoms with van der Waals surface area (Å²) in [6, 6.07) is 8.24. The van der Waals surface area contributed by atoms with E-state index < -0.39 is 5.60 Å². The summed E-state index contributed by atoms with van der Waals surface area (Å²) in [7, 11) is 0. The van der Waals surface area contributed by atoms with Crippen LogP contribution in [0, 0.1) is 6.92 Å². The second-order valence-corrected chi connectivity index (χ2v) is 7.38. The highest BCUT2D eigenvalue weighted by molar-refractivity contribution is 8.00. The number of thioether (sulfide) groups is 1. The van der Waals surface area contributed by atoms with Gasteiger partial charge in [-0.15, -0.1) is 11.8 Å². The average Bonchev–Trinajstić information content (AvgIpc) is 2.38. The van der Waals surface area contributed by atoms with E-state index in [1.807, 2.05) is 32.9 Å². The third-order valence-corrected chi connectivity index (χ3v) is 4.52. The van der Waals surface area contributed by atoms with E-state index in [0.29, 0.717) is 5.75 Å². The lowest BCUT2D eigenvalue weighted by Crippen LogP contribution is -2.29. The normalized spacial score (nSPS) is 14.6. The van der Waals surface area contributed by atoms with Crippen LogP contribution < -0.4 is 5.73 Å². The van der Waals surface area contributed by atoms with Crippen molar-refractivity contribution in [3.63, 3.8) is 0 Å². The van der Waals surface area contributed by atoms with Gasteiger partial charge < -0.3 is 10.5 Å². The summed E-state index contributed by atoms with van der Waals surface area (Å²) in [5, 5.41) is 0.115. The predicted molar refractivity (Wildman–Crippen MR) is 90.5 cm³/mol. The van der Waals surface area contributed by atoms with Crippen LogP contribution in [0.2, 0.25) is 0 Å². The van der Waals surface area contributed by atoms with Gasteiger partial charge in [-0.25, -0.2) is 0 Å². The summed E-state index contributed by atoms with van der Waals surface area (Å²) < 4.78 is 5.37. The number of benzene rings is 1. The van der Waals surface area contributed by atoms with E-state index in [4.69, 9.17) is 10.5 Å². The first kappa shape index (κ1) is 18.1. The van der Waals surface area contributed by atoms with Gasteiger partial charge in [0.1, 0.15) is 5.60 Å². The minimum absolute atomic E-state index is 0.0264. The lowest BCUT2D eigenvalue weighted by atomic mass is 10.00. The van der Waals surface area contributed by atoms with Crippen molar-refractivity contribution < 1.29 is 9.53 Å². The summed E-state index contributed by atoms with van der Waals surface area (Å²) >= 11 is 1.57. The fourth-order valence-corrected chi connectivity index (χ4v) is 3.35. The molecule has 0 amide bonds. The number of ether oxygens (including phenoxy) is 1. The van der Waals surface area contributed by atoms with Gasteiger partial charge in [0.15, 0.2) is 0 Å². The Bertz CT molecular complexity index is 468. The molecule has 0 saturated heterocycles. The second kappa shape index (κ2) is 7.85. The van der Waals surface area contributed by atoms with Gasteiger partial charge >= 0.3 is 5.97 Å². The Morgan fingerprint density at radius 3 is 2.48 bits per heavy atom. The first-order chi connectivity index (χ1) is 9.74. The molecule has 2 atom stereocenters. The number of nitrogens with two attached hydrogens (primary N) is 1. The molecule has 0 aliphatic carbocycles. The van der Waals surface area contributed by atoms with E-state index in [2.05, 4.69) is 26.0 Å². The van der Waals surface area contributed by atoms with Crippen molar-refractivity contribution in [2.75, 3.05) is 5.75 Å². The van der Waals surface area contributed by atoms with Crippen LogP contribution in [0.25, 0.3) is 0 Å². The van der Waals surface area contributed by atoms with Crippen LogP contribution in [0.5, 0.6) is 0 Å². The van der Waals surface area contributed by atoms with E-state index in [-0.39, 0.29) is 17.3 Å². The highest BCUT2D eigenvalue weighted by atomic mass is 32.2. The van der Waals surface area contributed by atoms with Crippen LogP contribution in [-0.4, -0.2) is 23.4 Å². The first-order valence-corrected chi connectivity index (χ1v) is 8.44. The maximum absolute atomic E-state index is 11.9. The van der Waals surface area contributed by atoms with Gasteiger partial charge in [0.25, 0.3) is 0 Å². The molecule has 0 aliphatic rings. The summed E-state index contributed by atoms with van der Waals surface area (Å²) in [6.07, 6.45) is 0.875. The molecule has 118 valence electrons. The highest BCUT2D eigenvalue weighted by Crippen LogP contribution is 2.34. The van der Waals surface area contributed by atoms with Crippen LogP contribution in [0.1, 0.15) is 50.5 Å². The van der Waals surface area contributed by atoms with E-state index >= 15 is 0 Å². The van der Waals surface area contributed by atoms with Crippen molar-refractivity contribution >= 4 is 17.7 Å². The smallest absolute Gasteiger partial charge is 0.316 e. The van der Waals surface area contributed by atoms with Crippen molar-refractivity contribution in [1.29, 1.82) is 0 Å². The molecular formula is C17H27NO2S. The number of hydrogen-bond acceptors (Lipinski definition) is 4. The molecule has 21 heavy (non-hydrogen) atoms. The number of carbonyl (C=O) groups is 1. The van der Waals surface area contributed by atoms with Crippen molar-refractivity contribution in [3.8, 4) is 0 Å². The topological polar surface area (TPSA) is 52.3 Å². The Kier molecular flexibility index (Phi) is 6.75. The van der Waals surface area contributed by atoms with Crippen molar-refractivity contribution in [2.24, 2.45) is 5.73 Å². The standard InChI is InChI=1S/C17H27NO2S/c1-6-14(18)16(13-10-8-7-9-12(13)2)21-11-15(19)20-17(3,4)5/h7-10,14,16H,6,11,18H2,1-5H3. The Hall–Kier alpha value is -1.00. The van der Waals surface area contributed by atoms with Crippen molar-refractivity contribution in [3.05, 3.63) is 35.4 Å². The molecule has 0 aliphatic heterocycles. The molecule has 3 nitrogen and oxygen atoms in total. The maximum Gasteiger partial charge on any atom is 0.316 e. The zero-order valence-corrected chi connectivity index (χ0v) is 14.5. The summed E-state index contributed by atoms with van der Waals surface area (Å²) in [5.74, 6) is 0.138. The fourth-order valence-electron chi connectivity index (χ4n) is 2.09. The fraction of sp³-hybridized carbons (Fsp3) is 0.588. The highest BCUT2D eigenvalue weighted by Gasteiger charge is 2.23. The molecule has 0 aromatic heterocycles. The van der Waals surface area contributed by atoms with Crippen LogP contribution in [-0.2, 0) is 9.53 Å². The van der Waals surface area contributed by atoms with Crippen LogP contribution in [0.15, 0.2) is 24.3 Å². The quantitative estimate of drug-likeness (QED) is 0.811. The third-order valence-electron chi connectivity index (χ3n) is 3.16. The van der Waals surface area contributed by atoms with Gasteiger partial charge in [0.05, 0.1) is 5.75 Å². The lowest BCUT2D eigenvalue weighted by molar-refractivity contribution is -0.151. The zero-order chi connectivity index (χ0) is 16.0. The zero-order valence-electron chi connectivity index (χ0n) is 13.7. The molecule has 1 aromatic rings. The van der Waals surface area contributed by atoms with E-state index in [1.54, 1.807) is 11.8 Å². The van der Waals surface area contributed by atoms with E-state index in [0.717, 1.165) is 6.42 Å². The molecule has 1 rings (SSSR count). The van der Waals surface area contributed by atoms with Gasteiger partial charge in [-0.1, -0.05) is 31.2 Å². The SMILES string of the molecule is CCC(N)C(SCC(=O)OC(C)(C)C)c1ccccc1C. The molecule has 2 unspecified atom stereocenters. The Balaban J connectivity index is 2.77. The molecular weight excluding hydrogens is 282 g/mol. The van der Waals surface area contributed by atoms with Crippen molar-refractivity contribution in [2.45, 2.75) is 57.9 Å². The molecule has 0 saturated carbocycles. The molecule has 0 fully saturated rings. The molecule has 4 heteroatoms. The number of aryl methyl sites for hydroxylation is 1. The number of esters is 1. The first-order valence-electron chi connectivity index (χ1n) is 7.39. The molecule has 0 spiro atoms. The van der Waals surface area contributed by atoms with Gasteiger partial charge in [0.2, 0.25) is 0 Å². The summed E-state index contributed by atoms with van der Waals surface area (Å²) in [6.45, 7) is 9.80. The maximum atomic E-state index is 11.9. The number of hydrogen-bond donors (Lipinski definition) is 1. The van der Waals surface area contributed by atoms with E-state index in [1.165, 1.54) is 11.1 Å². The molecule has 1 aromatic carbocycles. The summed E-state index contributed by atoms with van der Waals surface area (Å²) in [5.41, 5.74) is 8.24. The number of carbonyl (C=O) groups excluding carboxylic acids is 1. The van der Waals surface area contributed by atoms with Gasteiger partial charge in [0, 0.05) is 11.3 Å². The minimum Gasteiger partial charge on any atom is -0.459 e. The van der Waals surface area contributed by atoms with Crippen LogP contribution in [0.4, 0.5) is 0 Å². The molecule has 2 N–H and O–H groups in total. The Morgan fingerprint density at radius 2 is 1.95 bits per heavy atom.